The van der Waals surface area contributed by atoms with E-state index in [1.54, 1.807) is 30.5 Å². The molecule has 4 rings (SSSR count). The molecule has 8 heteroatoms. The number of hydrogen-bond donors (Lipinski definition) is 2. The van der Waals surface area contributed by atoms with E-state index in [1.165, 1.54) is 11.3 Å². The molecular weight excluding hydrogens is 384 g/mol. The number of phenols is 1. The topological polar surface area (TPSA) is 95.1 Å². The molecule has 0 saturated carbocycles. The fraction of sp³-hybridized carbons (Fsp3) is 0. The van der Waals surface area contributed by atoms with Crippen LogP contribution in [0, 0.1) is 0 Å². The molecule has 0 aliphatic heterocycles. The molecule has 7 nitrogen and oxygen atoms in total. The third-order valence-corrected chi connectivity index (χ3v) is 4.51. The second-order valence-corrected chi connectivity index (χ2v) is 6.68. The van der Waals surface area contributed by atoms with Crippen molar-refractivity contribution < 1.29 is 5.11 Å². The number of aliphatic imine (C=N–C) groups is 1. The Morgan fingerprint density at radius 3 is 2.48 bits per heavy atom. The Morgan fingerprint density at radius 2 is 1.69 bits per heavy atom. The molecule has 2 aromatic carbocycles. The zero-order valence-electron chi connectivity index (χ0n) is 15.2. The molecule has 0 radical (unpaired) electrons. The summed E-state index contributed by atoms with van der Waals surface area (Å²) in [7, 11) is 0. The molecule has 0 aliphatic carbocycles. The van der Waals surface area contributed by atoms with Crippen molar-refractivity contribution in [2.45, 2.75) is 0 Å². The highest BCUT2D eigenvalue weighted by atomic mass is 32.1. The number of aromatic nitrogens is 2. The van der Waals surface area contributed by atoms with Crippen molar-refractivity contribution in [2.75, 3.05) is 5.32 Å². The fourth-order valence-electron chi connectivity index (χ4n) is 2.43. The SMILES string of the molecule is Oc1ccccc1/C(N=Nc1ccccc1)=N/c1nc(Nc2ccccn2)cs1. The summed E-state index contributed by atoms with van der Waals surface area (Å²) in [6.07, 6.45) is 1.70. The molecule has 0 bridgehead atoms. The van der Waals surface area contributed by atoms with Crippen molar-refractivity contribution in [1.82, 2.24) is 9.97 Å². The van der Waals surface area contributed by atoms with Gasteiger partial charge in [0.25, 0.3) is 0 Å². The van der Waals surface area contributed by atoms with E-state index in [4.69, 9.17) is 0 Å². The molecule has 0 atom stereocenters. The van der Waals surface area contributed by atoms with Crippen LogP contribution < -0.4 is 5.32 Å². The largest absolute Gasteiger partial charge is 0.507 e. The van der Waals surface area contributed by atoms with E-state index in [-0.39, 0.29) is 11.6 Å². The van der Waals surface area contributed by atoms with Gasteiger partial charge in [0, 0.05) is 11.6 Å². The van der Waals surface area contributed by atoms with Gasteiger partial charge < -0.3 is 10.4 Å². The van der Waals surface area contributed by atoms with Crippen LogP contribution in [-0.2, 0) is 0 Å². The van der Waals surface area contributed by atoms with Gasteiger partial charge in [0.1, 0.15) is 17.4 Å². The molecule has 142 valence electrons. The van der Waals surface area contributed by atoms with Crippen LogP contribution >= 0.6 is 11.3 Å². The Hall–Kier alpha value is -3.91. The molecule has 0 unspecified atom stereocenters. The van der Waals surface area contributed by atoms with Crippen LogP contribution in [-0.4, -0.2) is 20.9 Å². The molecule has 0 saturated heterocycles. The quantitative estimate of drug-likeness (QED) is 0.249. The maximum atomic E-state index is 10.2. The van der Waals surface area contributed by atoms with Gasteiger partial charge in [-0.05, 0) is 36.4 Å². The van der Waals surface area contributed by atoms with Crippen molar-refractivity contribution in [1.29, 1.82) is 0 Å². The summed E-state index contributed by atoms with van der Waals surface area (Å²) in [5.74, 6) is 1.66. The maximum Gasteiger partial charge on any atom is 0.213 e. The monoisotopic (exact) mass is 400 g/mol. The van der Waals surface area contributed by atoms with Crippen LogP contribution in [0.5, 0.6) is 5.75 Å². The number of amidine groups is 1. The lowest BCUT2D eigenvalue weighted by Gasteiger charge is -2.02. The second kappa shape index (κ2) is 8.85. The van der Waals surface area contributed by atoms with Gasteiger partial charge in [0.2, 0.25) is 5.13 Å². The molecule has 0 amide bonds. The highest BCUT2D eigenvalue weighted by Crippen LogP contribution is 2.27. The van der Waals surface area contributed by atoms with Crippen LogP contribution in [0.3, 0.4) is 0 Å². The van der Waals surface area contributed by atoms with Crippen LogP contribution in [0.25, 0.3) is 0 Å². The average Bonchev–Trinajstić information content (AvgIpc) is 3.20. The normalized spacial score (nSPS) is 11.7. The summed E-state index contributed by atoms with van der Waals surface area (Å²) in [6, 6.07) is 21.8. The average molecular weight is 400 g/mol. The summed E-state index contributed by atoms with van der Waals surface area (Å²) in [4.78, 5) is 13.2. The van der Waals surface area contributed by atoms with Gasteiger partial charge in [-0.2, -0.15) is 4.99 Å². The van der Waals surface area contributed by atoms with Crippen molar-refractivity contribution in [3.8, 4) is 5.75 Å². The van der Waals surface area contributed by atoms with Crippen molar-refractivity contribution in [3.05, 3.63) is 89.9 Å². The third-order valence-electron chi connectivity index (χ3n) is 3.78. The summed E-state index contributed by atoms with van der Waals surface area (Å²) >= 11 is 1.35. The first-order valence-electron chi connectivity index (χ1n) is 8.75. The first-order valence-corrected chi connectivity index (χ1v) is 9.63. The van der Waals surface area contributed by atoms with Crippen molar-refractivity contribution in [2.24, 2.45) is 15.2 Å². The summed E-state index contributed by atoms with van der Waals surface area (Å²) in [6.45, 7) is 0. The minimum atomic E-state index is 0.0710. The first kappa shape index (κ1) is 18.5. The number of anilines is 2. The Balaban J connectivity index is 1.65. The lowest BCUT2D eigenvalue weighted by molar-refractivity contribution is 0.474. The van der Waals surface area contributed by atoms with Gasteiger partial charge in [0.05, 0.1) is 11.3 Å². The predicted octanol–water partition coefficient (Wildman–Crippen LogP) is 5.85. The highest BCUT2D eigenvalue weighted by molar-refractivity contribution is 7.13. The maximum absolute atomic E-state index is 10.2. The number of thiazole rings is 1. The number of azo groups is 1. The molecule has 2 N–H and O–H groups in total. The van der Waals surface area contributed by atoms with E-state index >= 15 is 0 Å². The Bertz CT molecular complexity index is 1140. The first-order chi connectivity index (χ1) is 14.3. The molecule has 2 heterocycles. The lowest BCUT2D eigenvalue weighted by atomic mass is 10.2. The number of aromatic hydroxyl groups is 1. The number of benzene rings is 2. The minimum absolute atomic E-state index is 0.0710. The lowest BCUT2D eigenvalue weighted by Crippen LogP contribution is -1.96. The minimum Gasteiger partial charge on any atom is -0.507 e. The van der Waals surface area contributed by atoms with E-state index in [0.717, 1.165) is 0 Å². The number of hydrogen-bond acceptors (Lipinski definition) is 7. The summed E-state index contributed by atoms with van der Waals surface area (Å²) in [5, 5.41) is 24.2. The van der Waals surface area contributed by atoms with E-state index in [2.05, 4.69) is 30.5 Å². The van der Waals surface area contributed by atoms with Crippen molar-refractivity contribution in [3.63, 3.8) is 0 Å². The van der Waals surface area contributed by atoms with E-state index in [0.29, 0.717) is 28.0 Å². The molecule has 0 spiro atoms. The van der Waals surface area contributed by atoms with Gasteiger partial charge >= 0.3 is 0 Å². The Morgan fingerprint density at radius 1 is 0.897 bits per heavy atom. The van der Waals surface area contributed by atoms with Crippen molar-refractivity contribution >= 4 is 39.6 Å². The number of phenolic OH excluding ortho intramolecular Hbond substituents is 1. The van der Waals surface area contributed by atoms with Crippen LogP contribution in [0.1, 0.15) is 5.56 Å². The van der Waals surface area contributed by atoms with E-state index < -0.39 is 0 Å². The predicted molar refractivity (Wildman–Crippen MR) is 115 cm³/mol. The third kappa shape index (κ3) is 4.88. The standard InChI is InChI=1S/C21H16N6OS/c28-17-11-5-4-10-16(17)20(27-26-15-8-2-1-3-9-15)25-21-24-19(14-29-21)23-18-12-6-7-13-22-18/h1-14,28H,(H,22,23)/b25-20-,27-26?. The van der Waals surface area contributed by atoms with E-state index in [9.17, 15) is 5.11 Å². The Labute approximate surface area is 171 Å². The molecule has 29 heavy (non-hydrogen) atoms. The molecular formula is C21H16N6OS. The molecule has 2 aromatic heterocycles. The van der Waals surface area contributed by atoms with E-state index in [1.807, 2.05) is 53.9 Å². The number of nitrogens with zero attached hydrogens (tertiary/aromatic N) is 5. The molecule has 0 aliphatic rings. The van der Waals surface area contributed by atoms with Gasteiger partial charge in [-0.15, -0.1) is 21.6 Å². The van der Waals surface area contributed by atoms with Crippen LogP contribution in [0.15, 0.2) is 99.6 Å². The number of nitrogens with one attached hydrogen (secondary N) is 1. The second-order valence-electron chi connectivity index (χ2n) is 5.84. The Kier molecular flexibility index (Phi) is 5.63. The number of rotatable bonds is 5. The zero-order chi connectivity index (χ0) is 19.9. The van der Waals surface area contributed by atoms with Gasteiger partial charge in [0.15, 0.2) is 5.84 Å². The van der Waals surface area contributed by atoms with Crippen LogP contribution in [0.4, 0.5) is 22.5 Å². The zero-order valence-corrected chi connectivity index (χ0v) is 16.0. The fourth-order valence-corrected chi connectivity index (χ4v) is 3.05. The number of pyridine rings is 1. The number of para-hydroxylation sites is 1. The molecule has 4 aromatic rings. The summed E-state index contributed by atoms with van der Waals surface area (Å²) in [5.41, 5.74) is 1.16. The van der Waals surface area contributed by atoms with Gasteiger partial charge in [-0.1, -0.05) is 36.4 Å². The summed E-state index contributed by atoms with van der Waals surface area (Å²) < 4.78 is 0. The smallest absolute Gasteiger partial charge is 0.213 e. The van der Waals surface area contributed by atoms with Gasteiger partial charge in [-0.3, -0.25) is 0 Å². The highest BCUT2D eigenvalue weighted by Gasteiger charge is 2.10. The molecule has 0 fully saturated rings. The van der Waals surface area contributed by atoms with Gasteiger partial charge in [-0.25, -0.2) is 9.97 Å². The van der Waals surface area contributed by atoms with Crippen LogP contribution in [0.2, 0.25) is 0 Å².